The maximum atomic E-state index is 13.4. The molecule has 0 spiro atoms. The van der Waals surface area contributed by atoms with Crippen molar-refractivity contribution in [2.75, 3.05) is 10.0 Å². The van der Waals surface area contributed by atoms with E-state index in [2.05, 4.69) is 54.2 Å². The summed E-state index contributed by atoms with van der Waals surface area (Å²) in [5.41, 5.74) is 8.58. The predicted molar refractivity (Wildman–Crippen MR) is 151 cm³/mol. The van der Waals surface area contributed by atoms with Gasteiger partial charge in [-0.25, -0.2) is 8.42 Å². The normalized spacial score (nSPS) is 20.1. The number of benzene rings is 4. The second-order valence-corrected chi connectivity index (χ2v) is 11.8. The van der Waals surface area contributed by atoms with Crippen molar-refractivity contribution in [2.45, 2.75) is 37.1 Å². The first-order valence-corrected chi connectivity index (χ1v) is 14.2. The van der Waals surface area contributed by atoms with Gasteiger partial charge in [0.15, 0.2) is 0 Å². The number of aryl methyl sites for hydroxylation is 2. The molecule has 0 radical (unpaired) electrons. The maximum Gasteiger partial charge on any atom is 0.261 e. The molecule has 0 bridgehead atoms. The van der Waals surface area contributed by atoms with Gasteiger partial charge in [-0.3, -0.25) is 4.72 Å². The molecule has 3 atom stereocenters. The first kappa shape index (κ1) is 23.6. The number of hydrogen-bond acceptors (Lipinski definition) is 3. The highest BCUT2D eigenvalue weighted by atomic mass is 32.2. The largest absolute Gasteiger partial charge is 0.378 e. The molecule has 1 heterocycles. The molecule has 1 aliphatic carbocycles. The summed E-state index contributed by atoms with van der Waals surface area (Å²) in [5, 5.41) is 3.75. The van der Waals surface area contributed by atoms with E-state index in [4.69, 9.17) is 0 Å². The van der Waals surface area contributed by atoms with Crippen molar-refractivity contribution < 1.29 is 8.42 Å². The average Bonchev–Trinajstić information content (AvgIpc) is 3.41. The van der Waals surface area contributed by atoms with E-state index in [-0.39, 0.29) is 16.9 Å². The van der Waals surface area contributed by atoms with Crippen molar-refractivity contribution in [1.29, 1.82) is 0 Å². The molecule has 4 nitrogen and oxygen atoms in total. The van der Waals surface area contributed by atoms with Gasteiger partial charge >= 0.3 is 0 Å². The molecule has 0 fully saturated rings. The minimum Gasteiger partial charge on any atom is -0.378 e. The van der Waals surface area contributed by atoms with Crippen LogP contribution in [0.3, 0.4) is 0 Å². The van der Waals surface area contributed by atoms with Crippen LogP contribution in [0.1, 0.15) is 40.6 Å². The van der Waals surface area contributed by atoms with Crippen LogP contribution in [0.4, 0.5) is 11.4 Å². The van der Waals surface area contributed by atoms with Crippen molar-refractivity contribution in [1.82, 2.24) is 0 Å². The summed E-state index contributed by atoms with van der Waals surface area (Å²) in [6, 6.07) is 29.8. The Morgan fingerprint density at radius 2 is 1.57 bits per heavy atom. The van der Waals surface area contributed by atoms with E-state index in [9.17, 15) is 8.42 Å². The van der Waals surface area contributed by atoms with Gasteiger partial charge in [0, 0.05) is 17.3 Å². The van der Waals surface area contributed by atoms with Gasteiger partial charge in [-0.15, -0.1) is 0 Å². The molecule has 4 aromatic carbocycles. The highest BCUT2D eigenvalue weighted by molar-refractivity contribution is 7.92. The standard InChI is InChI=1S/C32H30N2O2S/c1-21-11-12-22(2)29(19-21)32-28-10-6-9-27(28)30-20-26(17-18-31(30)33-32)37(35,36)34-25-15-13-24(14-16-25)23-7-4-3-5-8-23/h3-9,11-20,27-28,32-34H,10H2,1-2H3/t27-,28+,32-/m0/s1. The third-order valence-corrected chi connectivity index (χ3v) is 9.04. The Balaban J connectivity index is 1.28. The Kier molecular flexibility index (Phi) is 5.88. The lowest BCUT2D eigenvalue weighted by Gasteiger charge is -2.38. The molecule has 0 amide bonds. The van der Waals surface area contributed by atoms with Crippen LogP contribution in [0.5, 0.6) is 0 Å². The lowest BCUT2D eigenvalue weighted by atomic mass is 9.76. The highest BCUT2D eigenvalue weighted by Crippen LogP contribution is 2.50. The minimum atomic E-state index is -3.73. The quantitative estimate of drug-likeness (QED) is 0.274. The molecule has 6 rings (SSSR count). The van der Waals surface area contributed by atoms with E-state index < -0.39 is 10.0 Å². The molecule has 1 aliphatic heterocycles. The molecule has 4 aromatic rings. The van der Waals surface area contributed by atoms with Crippen LogP contribution in [-0.4, -0.2) is 8.42 Å². The van der Waals surface area contributed by atoms with Gasteiger partial charge in [-0.1, -0.05) is 78.4 Å². The average molecular weight is 507 g/mol. The zero-order valence-electron chi connectivity index (χ0n) is 21.0. The third-order valence-electron chi connectivity index (χ3n) is 7.66. The molecule has 0 saturated heterocycles. The van der Waals surface area contributed by atoms with E-state index in [1.165, 1.54) is 16.7 Å². The second-order valence-electron chi connectivity index (χ2n) is 10.1. The number of nitrogens with one attached hydrogen (secondary N) is 2. The summed E-state index contributed by atoms with van der Waals surface area (Å²) in [6.07, 6.45) is 5.45. The lowest BCUT2D eigenvalue weighted by molar-refractivity contribution is 0.424. The third kappa shape index (κ3) is 4.44. The molecule has 37 heavy (non-hydrogen) atoms. The zero-order valence-corrected chi connectivity index (χ0v) is 21.8. The highest BCUT2D eigenvalue weighted by Gasteiger charge is 2.39. The number of allylic oxidation sites excluding steroid dienone is 2. The summed E-state index contributed by atoms with van der Waals surface area (Å²) >= 11 is 0. The Morgan fingerprint density at radius 3 is 2.35 bits per heavy atom. The van der Waals surface area contributed by atoms with Crippen LogP contribution < -0.4 is 10.0 Å². The number of rotatable bonds is 5. The number of anilines is 2. The van der Waals surface area contributed by atoms with Crippen molar-refractivity contribution in [3.63, 3.8) is 0 Å². The monoisotopic (exact) mass is 506 g/mol. The SMILES string of the molecule is Cc1ccc(C)c([C@H]2Nc3ccc(S(=O)(=O)Nc4ccc(-c5ccccc5)cc4)cc3[C@H]3C=CC[C@H]32)c1. The molecule has 0 saturated carbocycles. The van der Waals surface area contributed by atoms with E-state index >= 15 is 0 Å². The van der Waals surface area contributed by atoms with Gasteiger partial charge in [-0.05, 0) is 84.3 Å². The Hall–Kier alpha value is -3.83. The maximum absolute atomic E-state index is 13.4. The van der Waals surface area contributed by atoms with Crippen LogP contribution in [0.15, 0.2) is 108 Å². The fourth-order valence-corrected chi connectivity index (χ4v) is 6.81. The topological polar surface area (TPSA) is 58.2 Å². The van der Waals surface area contributed by atoms with Crippen molar-refractivity contribution in [2.24, 2.45) is 5.92 Å². The summed E-state index contributed by atoms with van der Waals surface area (Å²) in [4.78, 5) is 0.282. The minimum absolute atomic E-state index is 0.182. The first-order chi connectivity index (χ1) is 17.9. The molecule has 0 aromatic heterocycles. The predicted octanol–water partition coefficient (Wildman–Crippen LogP) is 7.60. The van der Waals surface area contributed by atoms with Crippen molar-refractivity contribution in [3.05, 3.63) is 125 Å². The van der Waals surface area contributed by atoms with Crippen LogP contribution in [0.25, 0.3) is 11.1 Å². The van der Waals surface area contributed by atoms with Crippen LogP contribution >= 0.6 is 0 Å². The molecule has 2 aliphatic rings. The lowest BCUT2D eigenvalue weighted by Crippen LogP contribution is -2.30. The van der Waals surface area contributed by atoms with E-state index in [0.29, 0.717) is 11.6 Å². The van der Waals surface area contributed by atoms with Gasteiger partial charge in [0.25, 0.3) is 10.0 Å². The fraction of sp³-hybridized carbons (Fsp3) is 0.188. The van der Waals surface area contributed by atoms with Gasteiger partial charge in [-0.2, -0.15) is 0 Å². The molecule has 186 valence electrons. The molecular formula is C32H30N2O2S. The smallest absolute Gasteiger partial charge is 0.261 e. The Bertz CT molecular complexity index is 1590. The first-order valence-electron chi connectivity index (χ1n) is 12.7. The van der Waals surface area contributed by atoms with Crippen LogP contribution in [-0.2, 0) is 10.0 Å². The van der Waals surface area contributed by atoms with Gasteiger partial charge in [0.05, 0.1) is 10.9 Å². The number of fused-ring (bicyclic) bond motifs is 3. The van der Waals surface area contributed by atoms with Gasteiger partial charge in [0.2, 0.25) is 0 Å². The second kappa shape index (κ2) is 9.24. The van der Waals surface area contributed by atoms with E-state index in [0.717, 1.165) is 28.8 Å². The number of sulfonamides is 1. The summed E-state index contributed by atoms with van der Waals surface area (Å²) in [5.74, 6) is 0.533. The Labute approximate surface area is 219 Å². The van der Waals surface area contributed by atoms with E-state index in [1.54, 1.807) is 6.07 Å². The summed E-state index contributed by atoms with van der Waals surface area (Å²) < 4.78 is 29.5. The van der Waals surface area contributed by atoms with Gasteiger partial charge < -0.3 is 5.32 Å². The van der Waals surface area contributed by atoms with Crippen LogP contribution in [0.2, 0.25) is 0 Å². The molecule has 0 unspecified atom stereocenters. The summed E-state index contributed by atoms with van der Waals surface area (Å²) in [6.45, 7) is 4.29. The molecule has 5 heteroatoms. The molecule has 2 N–H and O–H groups in total. The zero-order chi connectivity index (χ0) is 25.6. The van der Waals surface area contributed by atoms with E-state index in [1.807, 2.05) is 66.7 Å². The van der Waals surface area contributed by atoms with Gasteiger partial charge in [0.1, 0.15) is 0 Å². The summed E-state index contributed by atoms with van der Waals surface area (Å²) in [7, 11) is -3.73. The fourth-order valence-electron chi connectivity index (χ4n) is 5.72. The van der Waals surface area contributed by atoms with Crippen LogP contribution in [0, 0.1) is 19.8 Å². The van der Waals surface area contributed by atoms with Crippen molar-refractivity contribution >= 4 is 21.4 Å². The number of hydrogen-bond donors (Lipinski definition) is 2. The Morgan fingerprint density at radius 1 is 0.811 bits per heavy atom. The van der Waals surface area contributed by atoms with Crippen molar-refractivity contribution in [3.8, 4) is 11.1 Å². The molecular weight excluding hydrogens is 476 g/mol.